The summed E-state index contributed by atoms with van der Waals surface area (Å²) in [6, 6.07) is 7.67. The number of carbonyl (C=O) groups is 2. The van der Waals surface area contributed by atoms with E-state index in [4.69, 9.17) is 14.2 Å². The predicted octanol–water partition coefficient (Wildman–Crippen LogP) is 4.24. The molecule has 0 saturated heterocycles. The van der Waals surface area contributed by atoms with E-state index in [1.807, 2.05) is 45.0 Å². The van der Waals surface area contributed by atoms with E-state index < -0.39 is 17.8 Å². The summed E-state index contributed by atoms with van der Waals surface area (Å²) in [5.41, 5.74) is 2.77. The minimum atomic E-state index is -0.446. The molecule has 1 heterocycles. The Hall–Kier alpha value is -2.47. The fourth-order valence-corrected chi connectivity index (χ4v) is 4.22. The highest BCUT2D eigenvalue weighted by Crippen LogP contribution is 2.45. The first kappa shape index (κ1) is 22.2. The molecule has 162 valence electrons. The Morgan fingerprint density at radius 1 is 1.10 bits per heavy atom. The van der Waals surface area contributed by atoms with E-state index in [-0.39, 0.29) is 12.4 Å². The quantitative estimate of drug-likeness (QED) is 0.447. The number of ether oxygens (including phenoxy) is 3. The number of esters is 1. The molecule has 0 bridgehead atoms. The first-order chi connectivity index (χ1) is 14.6. The van der Waals surface area contributed by atoms with Crippen molar-refractivity contribution in [3.05, 3.63) is 41.1 Å². The van der Waals surface area contributed by atoms with Crippen LogP contribution in [0.5, 0.6) is 5.75 Å². The highest BCUT2D eigenvalue weighted by atomic mass is 16.6. The van der Waals surface area contributed by atoms with E-state index in [2.05, 4.69) is 4.99 Å². The molecule has 6 nitrogen and oxygen atoms in total. The van der Waals surface area contributed by atoms with Crippen LogP contribution >= 0.6 is 0 Å². The van der Waals surface area contributed by atoms with E-state index in [0.717, 1.165) is 30.5 Å². The largest absolute Gasteiger partial charge is 0.493 e. The molecule has 1 aliphatic carbocycles. The number of carbonyl (C=O) groups excluding carboxylic acids is 2. The molecule has 0 aromatic heterocycles. The summed E-state index contributed by atoms with van der Waals surface area (Å²) in [6.07, 6.45) is 2.95. The monoisotopic (exact) mass is 413 g/mol. The van der Waals surface area contributed by atoms with Crippen LogP contribution in [0.1, 0.15) is 57.9 Å². The summed E-state index contributed by atoms with van der Waals surface area (Å²) in [7, 11) is 0. The van der Waals surface area contributed by atoms with Gasteiger partial charge in [0, 0.05) is 35.9 Å². The number of nitrogens with zero attached hydrogens (tertiary/aromatic N) is 1. The number of para-hydroxylation sites is 1. The van der Waals surface area contributed by atoms with Crippen LogP contribution in [-0.4, -0.2) is 43.9 Å². The van der Waals surface area contributed by atoms with Crippen molar-refractivity contribution in [2.45, 2.75) is 52.4 Å². The lowest BCUT2D eigenvalue weighted by Gasteiger charge is -2.36. The third-order valence-electron chi connectivity index (χ3n) is 5.51. The van der Waals surface area contributed by atoms with Crippen LogP contribution in [0.3, 0.4) is 0 Å². The summed E-state index contributed by atoms with van der Waals surface area (Å²) in [5, 5.41) is 0. The van der Waals surface area contributed by atoms with Gasteiger partial charge in [0.05, 0.1) is 24.7 Å². The van der Waals surface area contributed by atoms with E-state index in [1.165, 1.54) is 0 Å². The van der Waals surface area contributed by atoms with Gasteiger partial charge in [-0.25, -0.2) is 4.79 Å². The van der Waals surface area contributed by atoms with Crippen molar-refractivity contribution in [3.8, 4) is 5.75 Å². The van der Waals surface area contributed by atoms with Gasteiger partial charge in [-0.1, -0.05) is 25.1 Å². The lowest BCUT2D eigenvalue weighted by molar-refractivity contribution is -0.141. The summed E-state index contributed by atoms with van der Waals surface area (Å²) in [6.45, 7) is 7.40. The molecule has 1 fully saturated rings. The van der Waals surface area contributed by atoms with E-state index in [0.29, 0.717) is 43.3 Å². The van der Waals surface area contributed by atoms with Crippen LogP contribution in [0.2, 0.25) is 0 Å². The zero-order valence-electron chi connectivity index (χ0n) is 18.1. The topological polar surface area (TPSA) is 74.2 Å². The molecule has 3 rings (SSSR count). The molecule has 0 radical (unpaired) electrons. The Bertz CT molecular complexity index is 842. The Labute approximate surface area is 178 Å². The molecule has 1 aromatic carbocycles. The molecule has 1 aromatic rings. The molecule has 1 aliphatic heterocycles. The summed E-state index contributed by atoms with van der Waals surface area (Å²) < 4.78 is 16.8. The molecule has 2 aliphatic rings. The first-order valence-corrected chi connectivity index (χ1v) is 10.9. The minimum Gasteiger partial charge on any atom is -0.493 e. The highest BCUT2D eigenvalue weighted by Gasteiger charge is 2.44. The van der Waals surface area contributed by atoms with Crippen LogP contribution < -0.4 is 4.74 Å². The van der Waals surface area contributed by atoms with Gasteiger partial charge in [-0.3, -0.25) is 9.79 Å². The van der Waals surface area contributed by atoms with Gasteiger partial charge in [0.1, 0.15) is 18.1 Å². The smallest absolute Gasteiger partial charge is 0.336 e. The van der Waals surface area contributed by atoms with Crippen LogP contribution in [0.4, 0.5) is 0 Å². The maximum atomic E-state index is 13.1. The predicted molar refractivity (Wildman–Crippen MR) is 115 cm³/mol. The standard InChI is InChI=1S/C24H31NO5/c1-4-13-29-20-12-7-6-9-17(20)22-21(24(27)30-15-14-28-5-2)16(3)25-18-10-8-11-19(26)23(18)22/h6-7,9,12,22-23H,4-5,8,10-11,13-15H2,1-3H3/t22-,23?/m0/s1. The zero-order chi connectivity index (χ0) is 21.5. The number of aliphatic imine (C=N–C) groups is 1. The molecule has 0 amide bonds. The third kappa shape index (κ3) is 4.81. The number of allylic oxidation sites excluding steroid dienone is 1. The van der Waals surface area contributed by atoms with Crippen LogP contribution in [0.25, 0.3) is 0 Å². The summed E-state index contributed by atoms with van der Waals surface area (Å²) in [4.78, 5) is 30.8. The fourth-order valence-electron chi connectivity index (χ4n) is 4.22. The second kappa shape index (κ2) is 10.5. The van der Waals surface area contributed by atoms with Crippen molar-refractivity contribution in [2.24, 2.45) is 10.9 Å². The van der Waals surface area contributed by atoms with E-state index in [1.54, 1.807) is 0 Å². The number of hydrogen-bond donors (Lipinski definition) is 0. The molecular formula is C24H31NO5. The van der Waals surface area contributed by atoms with Gasteiger partial charge in [0.2, 0.25) is 0 Å². The molecule has 0 spiro atoms. The average molecular weight is 414 g/mol. The van der Waals surface area contributed by atoms with Gasteiger partial charge in [-0.15, -0.1) is 0 Å². The van der Waals surface area contributed by atoms with Crippen molar-refractivity contribution in [1.82, 2.24) is 0 Å². The molecule has 0 N–H and O–H groups in total. The lowest BCUT2D eigenvalue weighted by Crippen LogP contribution is -2.39. The Kier molecular flexibility index (Phi) is 7.80. The van der Waals surface area contributed by atoms with Gasteiger partial charge < -0.3 is 14.2 Å². The van der Waals surface area contributed by atoms with Crippen LogP contribution in [0.15, 0.2) is 40.5 Å². The molecule has 30 heavy (non-hydrogen) atoms. The van der Waals surface area contributed by atoms with Crippen molar-refractivity contribution in [2.75, 3.05) is 26.4 Å². The maximum Gasteiger partial charge on any atom is 0.336 e. The Morgan fingerprint density at radius 2 is 1.90 bits per heavy atom. The first-order valence-electron chi connectivity index (χ1n) is 10.9. The van der Waals surface area contributed by atoms with Gasteiger partial charge in [0.25, 0.3) is 0 Å². The number of hydrogen-bond acceptors (Lipinski definition) is 6. The number of ketones is 1. The van der Waals surface area contributed by atoms with Crippen molar-refractivity contribution >= 4 is 17.5 Å². The van der Waals surface area contributed by atoms with Gasteiger partial charge in [0.15, 0.2) is 0 Å². The molecule has 1 unspecified atom stereocenters. The van der Waals surface area contributed by atoms with E-state index >= 15 is 0 Å². The molecule has 2 atom stereocenters. The lowest BCUT2D eigenvalue weighted by atomic mass is 9.69. The van der Waals surface area contributed by atoms with E-state index in [9.17, 15) is 9.59 Å². The number of fused-ring (bicyclic) bond motifs is 1. The SMILES string of the molecule is CCCOc1ccccc1[C@H]1C(C(=O)OCCOCC)=C(C)N=C2CCCC(=O)C21. The summed E-state index contributed by atoms with van der Waals surface area (Å²) >= 11 is 0. The Morgan fingerprint density at radius 3 is 2.67 bits per heavy atom. The van der Waals surface area contributed by atoms with Crippen LogP contribution in [-0.2, 0) is 19.1 Å². The average Bonchev–Trinajstić information content (AvgIpc) is 2.74. The van der Waals surface area contributed by atoms with Crippen LogP contribution in [0, 0.1) is 5.92 Å². The van der Waals surface area contributed by atoms with Gasteiger partial charge >= 0.3 is 5.97 Å². The number of benzene rings is 1. The second-order valence-electron chi connectivity index (χ2n) is 7.60. The molecule has 6 heteroatoms. The van der Waals surface area contributed by atoms with Crippen molar-refractivity contribution in [3.63, 3.8) is 0 Å². The maximum absolute atomic E-state index is 13.1. The molecule has 1 saturated carbocycles. The highest BCUT2D eigenvalue weighted by molar-refractivity contribution is 6.11. The fraction of sp³-hybridized carbons (Fsp3) is 0.542. The van der Waals surface area contributed by atoms with Crippen molar-refractivity contribution in [1.29, 1.82) is 0 Å². The molecular weight excluding hydrogens is 382 g/mol. The summed E-state index contributed by atoms with van der Waals surface area (Å²) in [5.74, 6) is -0.497. The van der Waals surface area contributed by atoms with Gasteiger partial charge in [-0.05, 0) is 39.2 Å². The minimum absolute atomic E-state index is 0.127. The number of Topliss-reactive ketones (excluding diaryl/α,β-unsaturated/α-hetero) is 1. The second-order valence-corrected chi connectivity index (χ2v) is 7.60. The normalized spacial score (nSPS) is 21.2. The van der Waals surface area contributed by atoms with Crippen molar-refractivity contribution < 1.29 is 23.8 Å². The third-order valence-corrected chi connectivity index (χ3v) is 5.51. The Balaban J connectivity index is 2.02. The van der Waals surface area contributed by atoms with Gasteiger partial charge in [-0.2, -0.15) is 0 Å². The number of rotatable bonds is 9. The zero-order valence-corrected chi connectivity index (χ0v) is 18.1.